The SMILES string of the molecule is COc1ccc(Cl)cc1C(=O)NC1CCC(=O)NC1. The number of hydrogen-bond acceptors (Lipinski definition) is 3. The molecule has 0 aromatic heterocycles. The van der Waals surface area contributed by atoms with Crippen molar-refractivity contribution in [3.05, 3.63) is 28.8 Å². The Morgan fingerprint density at radius 1 is 1.53 bits per heavy atom. The number of carbonyl (C=O) groups excluding carboxylic acids is 2. The van der Waals surface area contributed by atoms with Crippen molar-refractivity contribution < 1.29 is 14.3 Å². The van der Waals surface area contributed by atoms with Gasteiger partial charge in [-0.3, -0.25) is 9.59 Å². The molecule has 1 atom stereocenters. The van der Waals surface area contributed by atoms with Gasteiger partial charge in [0.25, 0.3) is 5.91 Å². The summed E-state index contributed by atoms with van der Waals surface area (Å²) in [6, 6.07) is 4.82. The van der Waals surface area contributed by atoms with Gasteiger partial charge in [0.1, 0.15) is 5.75 Å². The smallest absolute Gasteiger partial charge is 0.255 e. The molecule has 1 fully saturated rings. The zero-order valence-electron chi connectivity index (χ0n) is 10.5. The minimum absolute atomic E-state index is 0.0193. The Bertz CT molecular complexity index is 495. The van der Waals surface area contributed by atoms with Crippen molar-refractivity contribution >= 4 is 23.4 Å². The lowest BCUT2D eigenvalue weighted by molar-refractivity contribution is -0.122. The zero-order valence-corrected chi connectivity index (χ0v) is 11.3. The summed E-state index contributed by atoms with van der Waals surface area (Å²) in [7, 11) is 1.50. The number of piperidine rings is 1. The Labute approximate surface area is 116 Å². The van der Waals surface area contributed by atoms with E-state index in [0.717, 1.165) is 0 Å². The molecule has 2 rings (SSSR count). The summed E-state index contributed by atoms with van der Waals surface area (Å²) < 4.78 is 5.14. The zero-order chi connectivity index (χ0) is 13.8. The molecule has 0 saturated carbocycles. The van der Waals surface area contributed by atoms with Crippen LogP contribution < -0.4 is 15.4 Å². The Balaban J connectivity index is 2.07. The van der Waals surface area contributed by atoms with Crippen molar-refractivity contribution in [3.8, 4) is 5.75 Å². The first-order valence-corrected chi connectivity index (χ1v) is 6.39. The van der Waals surface area contributed by atoms with Crippen molar-refractivity contribution in [2.45, 2.75) is 18.9 Å². The van der Waals surface area contributed by atoms with Crippen LogP contribution in [-0.4, -0.2) is 31.5 Å². The van der Waals surface area contributed by atoms with Gasteiger partial charge in [-0.1, -0.05) is 11.6 Å². The van der Waals surface area contributed by atoms with Gasteiger partial charge in [0.2, 0.25) is 5.91 Å². The largest absolute Gasteiger partial charge is 0.496 e. The van der Waals surface area contributed by atoms with Gasteiger partial charge >= 0.3 is 0 Å². The van der Waals surface area contributed by atoms with Gasteiger partial charge in [-0.2, -0.15) is 0 Å². The molecule has 0 radical (unpaired) electrons. The fourth-order valence-corrected chi connectivity index (χ4v) is 2.15. The van der Waals surface area contributed by atoms with E-state index in [9.17, 15) is 9.59 Å². The Kier molecular flexibility index (Phi) is 4.27. The molecule has 0 spiro atoms. The third-order valence-electron chi connectivity index (χ3n) is 3.01. The maximum absolute atomic E-state index is 12.2. The number of amides is 2. The van der Waals surface area contributed by atoms with E-state index in [1.807, 2.05) is 0 Å². The van der Waals surface area contributed by atoms with Gasteiger partial charge in [0.15, 0.2) is 0 Å². The second-order valence-electron chi connectivity index (χ2n) is 4.36. The molecule has 19 heavy (non-hydrogen) atoms. The topological polar surface area (TPSA) is 67.4 Å². The maximum atomic E-state index is 12.2. The Morgan fingerprint density at radius 3 is 2.95 bits per heavy atom. The first-order valence-electron chi connectivity index (χ1n) is 6.01. The molecule has 1 aromatic rings. The number of halogens is 1. The van der Waals surface area contributed by atoms with Crippen LogP contribution >= 0.6 is 11.6 Å². The van der Waals surface area contributed by atoms with Gasteiger partial charge < -0.3 is 15.4 Å². The molecule has 1 unspecified atom stereocenters. The summed E-state index contributed by atoms with van der Waals surface area (Å²) in [4.78, 5) is 23.2. The lowest BCUT2D eigenvalue weighted by Gasteiger charge is -2.23. The van der Waals surface area contributed by atoms with E-state index in [4.69, 9.17) is 16.3 Å². The second-order valence-corrected chi connectivity index (χ2v) is 4.79. The minimum Gasteiger partial charge on any atom is -0.496 e. The van der Waals surface area contributed by atoms with Crippen LogP contribution in [-0.2, 0) is 4.79 Å². The normalized spacial score (nSPS) is 18.6. The number of rotatable bonds is 3. The van der Waals surface area contributed by atoms with E-state index in [0.29, 0.717) is 35.7 Å². The summed E-state index contributed by atoms with van der Waals surface area (Å²) in [5.41, 5.74) is 0.395. The van der Waals surface area contributed by atoms with Crippen molar-refractivity contribution in [1.82, 2.24) is 10.6 Å². The molecule has 1 saturated heterocycles. The van der Waals surface area contributed by atoms with E-state index in [1.54, 1.807) is 18.2 Å². The number of benzene rings is 1. The van der Waals surface area contributed by atoms with Crippen molar-refractivity contribution in [1.29, 1.82) is 0 Å². The number of methoxy groups -OCH3 is 1. The molecule has 0 aliphatic carbocycles. The molecular weight excluding hydrogens is 268 g/mol. The van der Waals surface area contributed by atoms with Crippen LogP contribution in [0.4, 0.5) is 0 Å². The van der Waals surface area contributed by atoms with E-state index in [2.05, 4.69) is 10.6 Å². The molecule has 5 nitrogen and oxygen atoms in total. The van der Waals surface area contributed by atoms with Crippen LogP contribution in [0.2, 0.25) is 5.02 Å². The molecular formula is C13H15ClN2O3. The molecule has 1 aromatic carbocycles. The fourth-order valence-electron chi connectivity index (χ4n) is 1.98. The molecule has 102 valence electrons. The standard InChI is InChI=1S/C13H15ClN2O3/c1-19-11-4-2-8(14)6-10(11)13(18)16-9-3-5-12(17)15-7-9/h2,4,6,9H,3,5,7H2,1H3,(H,15,17)(H,16,18). The van der Waals surface area contributed by atoms with E-state index < -0.39 is 0 Å². The van der Waals surface area contributed by atoms with Crippen LogP contribution in [0, 0.1) is 0 Å². The average Bonchev–Trinajstić information content (AvgIpc) is 2.41. The molecule has 6 heteroatoms. The van der Waals surface area contributed by atoms with E-state index >= 15 is 0 Å². The third-order valence-corrected chi connectivity index (χ3v) is 3.24. The van der Waals surface area contributed by atoms with Gasteiger partial charge in [-0.25, -0.2) is 0 Å². The highest BCUT2D eigenvalue weighted by molar-refractivity contribution is 6.31. The molecule has 1 aliphatic heterocycles. The first-order chi connectivity index (χ1) is 9.10. The third kappa shape index (κ3) is 3.38. The lowest BCUT2D eigenvalue weighted by atomic mass is 10.1. The number of carbonyl (C=O) groups is 2. The lowest BCUT2D eigenvalue weighted by Crippen LogP contribution is -2.47. The molecule has 0 bridgehead atoms. The quantitative estimate of drug-likeness (QED) is 0.879. The summed E-state index contributed by atoms with van der Waals surface area (Å²) in [5, 5.41) is 6.06. The van der Waals surface area contributed by atoms with Gasteiger partial charge in [-0.15, -0.1) is 0 Å². The van der Waals surface area contributed by atoms with Crippen molar-refractivity contribution in [2.75, 3.05) is 13.7 Å². The van der Waals surface area contributed by atoms with Gasteiger partial charge in [0.05, 0.1) is 12.7 Å². The summed E-state index contributed by atoms with van der Waals surface area (Å²) in [6.07, 6.45) is 1.07. The number of hydrogen-bond donors (Lipinski definition) is 2. The highest BCUT2D eigenvalue weighted by Gasteiger charge is 2.21. The number of nitrogens with one attached hydrogen (secondary N) is 2. The van der Waals surface area contributed by atoms with Crippen LogP contribution in [0.25, 0.3) is 0 Å². The molecule has 2 N–H and O–H groups in total. The summed E-state index contributed by atoms with van der Waals surface area (Å²) in [5.74, 6) is 0.244. The predicted molar refractivity (Wildman–Crippen MR) is 71.5 cm³/mol. The van der Waals surface area contributed by atoms with Crippen LogP contribution in [0.3, 0.4) is 0 Å². The van der Waals surface area contributed by atoms with E-state index in [1.165, 1.54) is 7.11 Å². The summed E-state index contributed by atoms with van der Waals surface area (Å²) in [6.45, 7) is 0.452. The highest BCUT2D eigenvalue weighted by atomic mass is 35.5. The van der Waals surface area contributed by atoms with Crippen LogP contribution in [0.15, 0.2) is 18.2 Å². The van der Waals surface area contributed by atoms with Gasteiger partial charge in [-0.05, 0) is 24.6 Å². The summed E-state index contributed by atoms with van der Waals surface area (Å²) >= 11 is 5.89. The molecule has 2 amide bonds. The Hall–Kier alpha value is -1.75. The maximum Gasteiger partial charge on any atom is 0.255 e. The van der Waals surface area contributed by atoms with Crippen molar-refractivity contribution in [3.63, 3.8) is 0 Å². The predicted octanol–water partition coefficient (Wildman–Crippen LogP) is 1.36. The van der Waals surface area contributed by atoms with Crippen molar-refractivity contribution in [2.24, 2.45) is 0 Å². The van der Waals surface area contributed by atoms with Gasteiger partial charge in [0, 0.05) is 24.0 Å². The molecule has 1 heterocycles. The van der Waals surface area contributed by atoms with Crippen LogP contribution in [0.1, 0.15) is 23.2 Å². The first kappa shape index (κ1) is 13.7. The average molecular weight is 283 g/mol. The van der Waals surface area contributed by atoms with E-state index in [-0.39, 0.29) is 17.9 Å². The fraction of sp³-hybridized carbons (Fsp3) is 0.385. The minimum atomic E-state index is -0.250. The van der Waals surface area contributed by atoms with Crippen LogP contribution in [0.5, 0.6) is 5.75 Å². The Morgan fingerprint density at radius 2 is 2.32 bits per heavy atom. The second kappa shape index (κ2) is 5.93. The highest BCUT2D eigenvalue weighted by Crippen LogP contribution is 2.22. The number of ether oxygens (including phenoxy) is 1. The monoisotopic (exact) mass is 282 g/mol. The molecule has 1 aliphatic rings.